The van der Waals surface area contributed by atoms with Gasteiger partial charge in [0, 0.05) is 22.6 Å². The van der Waals surface area contributed by atoms with E-state index in [0.717, 1.165) is 31.2 Å². The number of hydrogen-bond donors (Lipinski definition) is 1. The number of rotatable bonds is 3. The van der Waals surface area contributed by atoms with Crippen LogP contribution < -0.4 is 5.73 Å². The highest BCUT2D eigenvalue weighted by atomic mass is 16.6. The Hall–Kier alpha value is -1.42. The molecule has 1 aromatic carbocycles. The highest BCUT2D eigenvalue weighted by Gasteiger charge is 2.65. The van der Waals surface area contributed by atoms with Gasteiger partial charge < -0.3 is 5.73 Å². The quantitative estimate of drug-likeness (QED) is 0.624. The Balaban J connectivity index is 2.10. The van der Waals surface area contributed by atoms with E-state index in [4.69, 9.17) is 5.73 Å². The molecule has 0 radical (unpaired) electrons. The highest BCUT2D eigenvalue weighted by molar-refractivity contribution is 5.52. The summed E-state index contributed by atoms with van der Waals surface area (Å²) in [5.41, 5.74) is 7.08. The summed E-state index contributed by atoms with van der Waals surface area (Å²) < 4.78 is 0. The minimum Gasteiger partial charge on any atom is -0.324 e. The fourth-order valence-electron chi connectivity index (χ4n) is 2.81. The average molecular weight is 218 g/mol. The fourth-order valence-corrected chi connectivity index (χ4v) is 2.81. The molecule has 4 heteroatoms. The normalized spacial score (nSPS) is 23.8. The SMILES string of the molecule is NC1(C2(c3ccccc3[N+](=O)[O-])CC2)CC1. The van der Waals surface area contributed by atoms with Gasteiger partial charge in [-0.15, -0.1) is 0 Å². The third kappa shape index (κ3) is 1.13. The molecule has 0 aliphatic heterocycles. The van der Waals surface area contributed by atoms with Crippen LogP contribution in [0.2, 0.25) is 0 Å². The number of nitro benzene ring substituents is 1. The first-order valence-electron chi connectivity index (χ1n) is 5.62. The number of benzene rings is 1. The van der Waals surface area contributed by atoms with Crippen LogP contribution in [0.4, 0.5) is 5.69 Å². The Bertz CT molecular complexity index is 462. The Kier molecular flexibility index (Phi) is 1.73. The van der Waals surface area contributed by atoms with Crippen molar-refractivity contribution in [1.82, 2.24) is 0 Å². The molecule has 0 heterocycles. The summed E-state index contributed by atoms with van der Waals surface area (Å²) in [6.07, 6.45) is 3.99. The molecule has 4 nitrogen and oxygen atoms in total. The summed E-state index contributed by atoms with van der Waals surface area (Å²) >= 11 is 0. The van der Waals surface area contributed by atoms with Crippen molar-refractivity contribution in [3.05, 3.63) is 39.9 Å². The van der Waals surface area contributed by atoms with Gasteiger partial charge in [-0.2, -0.15) is 0 Å². The molecule has 0 spiro atoms. The van der Waals surface area contributed by atoms with Crippen molar-refractivity contribution in [3.63, 3.8) is 0 Å². The first kappa shape index (κ1) is 9.78. The second-order valence-electron chi connectivity index (χ2n) is 5.01. The van der Waals surface area contributed by atoms with Gasteiger partial charge in [-0.1, -0.05) is 18.2 Å². The van der Waals surface area contributed by atoms with E-state index in [2.05, 4.69) is 0 Å². The lowest BCUT2D eigenvalue weighted by molar-refractivity contribution is -0.385. The minimum atomic E-state index is -0.291. The van der Waals surface area contributed by atoms with Gasteiger partial charge in [0.2, 0.25) is 0 Å². The molecule has 1 aromatic rings. The molecular formula is C12H14N2O2. The Morgan fingerprint density at radius 1 is 1.19 bits per heavy atom. The van der Waals surface area contributed by atoms with E-state index >= 15 is 0 Å². The van der Waals surface area contributed by atoms with Crippen LogP contribution in [0.3, 0.4) is 0 Å². The van der Waals surface area contributed by atoms with Gasteiger partial charge in [-0.25, -0.2) is 0 Å². The van der Waals surface area contributed by atoms with E-state index < -0.39 is 0 Å². The molecule has 0 saturated heterocycles. The van der Waals surface area contributed by atoms with Crippen molar-refractivity contribution in [2.45, 2.75) is 36.6 Å². The maximum atomic E-state index is 11.0. The number of nitrogens with two attached hydrogens (primary N) is 1. The van der Waals surface area contributed by atoms with E-state index in [-0.39, 0.29) is 21.6 Å². The predicted octanol–water partition coefficient (Wildman–Crippen LogP) is 2.12. The molecule has 2 aliphatic carbocycles. The molecular weight excluding hydrogens is 204 g/mol. The number of nitrogens with zero attached hydrogens (tertiary/aromatic N) is 1. The standard InChI is InChI=1S/C12H14N2O2/c13-12(7-8-12)11(5-6-11)9-3-1-2-4-10(9)14(15)16/h1-4H,5-8,13H2. The van der Waals surface area contributed by atoms with E-state index in [1.807, 2.05) is 12.1 Å². The molecule has 16 heavy (non-hydrogen) atoms. The molecule has 84 valence electrons. The number of para-hydroxylation sites is 1. The van der Waals surface area contributed by atoms with Crippen molar-refractivity contribution in [2.24, 2.45) is 5.73 Å². The van der Waals surface area contributed by atoms with Gasteiger partial charge in [0.1, 0.15) is 0 Å². The Morgan fingerprint density at radius 2 is 1.81 bits per heavy atom. The molecule has 2 N–H and O–H groups in total. The zero-order chi connectivity index (χ0) is 11.4. The summed E-state index contributed by atoms with van der Waals surface area (Å²) in [6, 6.07) is 7.04. The van der Waals surface area contributed by atoms with Crippen LogP contribution in [0.15, 0.2) is 24.3 Å². The van der Waals surface area contributed by atoms with Crippen LogP contribution in [0, 0.1) is 10.1 Å². The number of nitro groups is 1. The van der Waals surface area contributed by atoms with E-state index in [9.17, 15) is 10.1 Å². The summed E-state index contributed by atoms with van der Waals surface area (Å²) in [5.74, 6) is 0. The van der Waals surface area contributed by atoms with Crippen molar-refractivity contribution < 1.29 is 4.92 Å². The third-order valence-electron chi connectivity index (χ3n) is 4.11. The van der Waals surface area contributed by atoms with Crippen LogP contribution in [0.1, 0.15) is 31.2 Å². The lowest BCUT2D eigenvalue weighted by atomic mass is 9.85. The Morgan fingerprint density at radius 3 is 2.31 bits per heavy atom. The van der Waals surface area contributed by atoms with Gasteiger partial charge in [0.15, 0.2) is 0 Å². The summed E-state index contributed by atoms with van der Waals surface area (Å²) in [7, 11) is 0. The van der Waals surface area contributed by atoms with E-state index in [1.165, 1.54) is 0 Å². The summed E-state index contributed by atoms with van der Waals surface area (Å²) in [6.45, 7) is 0. The highest BCUT2D eigenvalue weighted by Crippen LogP contribution is 2.64. The molecule has 0 unspecified atom stereocenters. The average Bonchev–Trinajstić information content (AvgIpc) is 3.13. The van der Waals surface area contributed by atoms with Crippen LogP contribution in [-0.2, 0) is 5.41 Å². The smallest absolute Gasteiger partial charge is 0.273 e. The van der Waals surface area contributed by atoms with Gasteiger partial charge in [-0.3, -0.25) is 10.1 Å². The lowest BCUT2D eigenvalue weighted by Gasteiger charge is -2.22. The van der Waals surface area contributed by atoms with E-state index in [0.29, 0.717) is 0 Å². The maximum absolute atomic E-state index is 11.0. The fraction of sp³-hybridized carbons (Fsp3) is 0.500. The van der Waals surface area contributed by atoms with Crippen LogP contribution in [0.25, 0.3) is 0 Å². The van der Waals surface area contributed by atoms with Crippen LogP contribution in [0.5, 0.6) is 0 Å². The van der Waals surface area contributed by atoms with Crippen LogP contribution >= 0.6 is 0 Å². The zero-order valence-electron chi connectivity index (χ0n) is 8.98. The molecule has 0 aromatic heterocycles. The second-order valence-corrected chi connectivity index (χ2v) is 5.01. The molecule has 2 fully saturated rings. The minimum absolute atomic E-state index is 0.101. The van der Waals surface area contributed by atoms with Crippen molar-refractivity contribution in [3.8, 4) is 0 Å². The number of hydrogen-bond acceptors (Lipinski definition) is 3. The Labute approximate surface area is 93.6 Å². The van der Waals surface area contributed by atoms with Crippen molar-refractivity contribution in [1.29, 1.82) is 0 Å². The lowest BCUT2D eigenvalue weighted by Crippen LogP contribution is -2.37. The molecule has 3 rings (SSSR count). The van der Waals surface area contributed by atoms with Gasteiger partial charge in [0.25, 0.3) is 5.69 Å². The largest absolute Gasteiger partial charge is 0.324 e. The zero-order valence-corrected chi connectivity index (χ0v) is 8.98. The topological polar surface area (TPSA) is 69.2 Å². The summed E-state index contributed by atoms with van der Waals surface area (Å²) in [5, 5.41) is 11.0. The molecule has 2 aliphatic rings. The second kappa shape index (κ2) is 2.83. The molecule has 0 amide bonds. The molecule has 2 saturated carbocycles. The third-order valence-corrected chi connectivity index (χ3v) is 4.11. The first-order chi connectivity index (χ1) is 7.59. The van der Waals surface area contributed by atoms with Gasteiger partial charge in [0.05, 0.1) is 4.92 Å². The monoisotopic (exact) mass is 218 g/mol. The van der Waals surface area contributed by atoms with Crippen molar-refractivity contribution in [2.75, 3.05) is 0 Å². The van der Waals surface area contributed by atoms with E-state index in [1.54, 1.807) is 12.1 Å². The van der Waals surface area contributed by atoms with Gasteiger partial charge >= 0.3 is 0 Å². The maximum Gasteiger partial charge on any atom is 0.273 e. The molecule has 0 atom stereocenters. The first-order valence-corrected chi connectivity index (χ1v) is 5.62. The predicted molar refractivity (Wildman–Crippen MR) is 60.2 cm³/mol. The van der Waals surface area contributed by atoms with Crippen LogP contribution in [-0.4, -0.2) is 10.5 Å². The van der Waals surface area contributed by atoms with Crippen molar-refractivity contribution >= 4 is 5.69 Å². The van der Waals surface area contributed by atoms with Gasteiger partial charge in [-0.05, 0) is 25.7 Å². The molecule has 0 bridgehead atoms. The summed E-state index contributed by atoms with van der Waals surface area (Å²) in [4.78, 5) is 10.7.